The summed E-state index contributed by atoms with van der Waals surface area (Å²) in [4.78, 5) is 44.6. The Hall–Kier alpha value is -3.81. The molecule has 1 amide bonds. The van der Waals surface area contributed by atoms with Crippen LogP contribution in [0.5, 0.6) is 5.75 Å². The van der Waals surface area contributed by atoms with Crippen molar-refractivity contribution < 1.29 is 23.5 Å². The molecular weight excluding hydrogens is 413 g/mol. The van der Waals surface area contributed by atoms with E-state index >= 15 is 0 Å². The highest BCUT2D eigenvalue weighted by molar-refractivity contribution is 6.44. The molecule has 164 valence electrons. The number of likely N-dealkylation sites (tertiary alicyclic amines) is 1. The summed E-state index contributed by atoms with van der Waals surface area (Å²) >= 11 is 0. The molecule has 1 saturated heterocycles. The monoisotopic (exact) mass is 435 g/mol. The first-order valence-corrected chi connectivity index (χ1v) is 10.2. The molecule has 8 heteroatoms. The van der Waals surface area contributed by atoms with Crippen molar-refractivity contribution in [2.45, 2.75) is 19.0 Å². The third-order valence-electron chi connectivity index (χ3n) is 5.65. The molecule has 32 heavy (non-hydrogen) atoms. The Morgan fingerprint density at radius 2 is 1.78 bits per heavy atom. The van der Waals surface area contributed by atoms with Gasteiger partial charge in [0, 0.05) is 31.0 Å². The number of ketones is 2. The highest BCUT2D eigenvalue weighted by Crippen LogP contribution is 2.38. The molecule has 0 saturated carbocycles. The Labute approximate surface area is 184 Å². The van der Waals surface area contributed by atoms with Crippen molar-refractivity contribution >= 4 is 17.5 Å². The summed E-state index contributed by atoms with van der Waals surface area (Å²) in [6, 6.07) is 11.2. The van der Waals surface area contributed by atoms with Crippen LogP contribution in [0.1, 0.15) is 28.4 Å². The minimum absolute atomic E-state index is 0.275. The molecule has 0 spiro atoms. The topological polar surface area (TPSA) is 81.5 Å². The molecule has 3 aromatic rings. The summed E-state index contributed by atoms with van der Waals surface area (Å²) in [5, 5.41) is 0. The van der Waals surface area contributed by atoms with Crippen molar-refractivity contribution in [3.05, 3.63) is 84.2 Å². The molecule has 0 bridgehead atoms. The van der Waals surface area contributed by atoms with Gasteiger partial charge in [-0.15, -0.1) is 0 Å². The summed E-state index contributed by atoms with van der Waals surface area (Å²) < 4.78 is 20.5. The number of nitrogens with zero attached hydrogens (tertiary/aromatic N) is 3. The van der Waals surface area contributed by atoms with Gasteiger partial charge in [0.15, 0.2) is 5.78 Å². The number of aryl methyl sites for hydroxylation is 1. The average molecular weight is 435 g/mol. The Morgan fingerprint density at radius 3 is 2.41 bits per heavy atom. The van der Waals surface area contributed by atoms with E-state index in [1.165, 1.54) is 36.3 Å². The normalized spacial score (nSPS) is 18.2. The summed E-state index contributed by atoms with van der Waals surface area (Å²) in [5.41, 5.74) is 0.851. The SMILES string of the molecule is COc1ccc(C(=O)C2C(=O)C(=O)N(CCCn3ccnc3)C2c2ccc(F)cc2)cc1. The number of amides is 1. The van der Waals surface area contributed by atoms with Crippen LogP contribution in [0.2, 0.25) is 0 Å². The standard InChI is InChI=1S/C24H22FN3O4/c1-32-19-9-5-17(6-10-19)22(29)20-21(16-3-7-18(25)8-4-16)28(24(31)23(20)30)13-2-12-27-14-11-26-15-27/h3-11,14-15,20-21H,2,12-13H2,1H3. The second-order valence-electron chi connectivity index (χ2n) is 7.58. The summed E-state index contributed by atoms with van der Waals surface area (Å²) in [5.74, 6) is -2.95. The van der Waals surface area contributed by atoms with E-state index in [1.54, 1.807) is 36.8 Å². The van der Waals surface area contributed by atoms with Crippen molar-refractivity contribution in [2.75, 3.05) is 13.7 Å². The number of hydrogen-bond acceptors (Lipinski definition) is 5. The number of Topliss-reactive ketones (excluding diaryl/α,β-unsaturated/α-hetero) is 2. The molecule has 1 aliphatic heterocycles. The van der Waals surface area contributed by atoms with Crippen LogP contribution >= 0.6 is 0 Å². The van der Waals surface area contributed by atoms with Gasteiger partial charge in [0.2, 0.25) is 5.78 Å². The molecule has 0 aliphatic carbocycles. The predicted molar refractivity (Wildman–Crippen MR) is 114 cm³/mol. The fraction of sp³-hybridized carbons (Fsp3) is 0.250. The first-order valence-electron chi connectivity index (χ1n) is 10.2. The molecule has 1 aromatic heterocycles. The number of carbonyl (C=O) groups is 3. The first-order chi connectivity index (χ1) is 15.5. The number of methoxy groups -OCH3 is 1. The molecule has 1 fully saturated rings. The van der Waals surface area contributed by atoms with Crippen LogP contribution in [-0.2, 0) is 16.1 Å². The van der Waals surface area contributed by atoms with E-state index in [1.807, 2.05) is 10.8 Å². The van der Waals surface area contributed by atoms with Crippen LogP contribution in [0, 0.1) is 11.7 Å². The number of carbonyl (C=O) groups excluding carboxylic acids is 3. The van der Waals surface area contributed by atoms with Crippen LogP contribution in [0.25, 0.3) is 0 Å². The van der Waals surface area contributed by atoms with Crippen molar-refractivity contribution in [3.8, 4) is 5.75 Å². The van der Waals surface area contributed by atoms with E-state index in [9.17, 15) is 18.8 Å². The lowest BCUT2D eigenvalue weighted by atomic mass is 9.86. The van der Waals surface area contributed by atoms with E-state index in [0.29, 0.717) is 29.8 Å². The smallest absolute Gasteiger partial charge is 0.291 e. The van der Waals surface area contributed by atoms with Crippen LogP contribution in [0.15, 0.2) is 67.3 Å². The molecule has 2 aromatic carbocycles. The molecule has 0 N–H and O–H groups in total. The third kappa shape index (κ3) is 4.16. The predicted octanol–water partition coefficient (Wildman–Crippen LogP) is 3.07. The average Bonchev–Trinajstić information content (AvgIpc) is 3.41. The van der Waals surface area contributed by atoms with E-state index in [4.69, 9.17) is 4.74 Å². The second-order valence-corrected chi connectivity index (χ2v) is 7.58. The molecule has 2 heterocycles. The zero-order valence-electron chi connectivity index (χ0n) is 17.5. The van der Waals surface area contributed by atoms with Crippen molar-refractivity contribution in [2.24, 2.45) is 5.92 Å². The molecule has 4 rings (SSSR count). The maximum atomic E-state index is 13.5. The summed E-state index contributed by atoms with van der Waals surface area (Å²) in [7, 11) is 1.52. The second kappa shape index (κ2) is 9.13. The van der Waals surface area contributed by atoms with Gasteiger partial charge in [0.25, 0.3) is 5.91 Å². The van der Waals surface area contributed by atoms with Gasteiger partial charge in [-0.2, -0.15) is 0 Å². The first kappa shape index (κ1) is 21.4. The largest absolute Gasteiger partial charge is 0.497 e. The van der Waals surface area contributed by atoms with Gasteiger partial charge in [0.05, 0.1) is 19.5 Å². The van der Waals surface area contributed by atoms with Crippen molar-refractivity contribution in [1.82, 2.24) is 14.5 Å². The quantitative estimate of drug-likeness (QED) is 0.309. The number of hydrogen-bond donors (Lipinski definition) is 0. The van der Waals surface area contributed by atoms with Crippen LogP contribution < -0.4 is 4.74 Å². The number of benzene rings is 2. The number of halogens is 1. The molecule has 2 unspecified atom stereocenters. The number of ether oxygens (including phenoxy) is 1. The summed E-state index contributed by atoms with van der Waals surface area (Å²) in [6.45, 7) is 0.877. The van der Waals surface area contributed by atoms with Gasteiger partial charge < -0.3 is 14.2 Å². The lowest BCUT2D eigenvalue weighted by Gasteiger charge is -2.27. The Balaban J connectivity index is 1.64. The lowest BCUT2D eigenvalue weighted by Crippen LogP contribution is -2.32. The minimum Gasteiger partial charge on any atom is -0.497 e. The zero-order valence-corrected chi connectivity index (χ0v) is 17.5. The molecule has 1 aliphatic rings. The fourth-order valence-corrected chi connectivity index (χ4v) is 4.04. The van der Waals surface area contributed by atoms with Gasteiger partial charge in [-0.1, -0.05) is 12.1 Å². The van der Waals surface area contributed by atoms with Crippen molar-refractivity contribution in [3.63, 3.8) is 0 Å². The molecule has 0 radical (unpaired) electrons. The highest BCUT2D eigenvalue weighted by atomic mass is 19.1. The van der Waals surface area contributed by atoms with Gasteiger partial charge in [-0.25, -0.2) is 9.37 Å². The van der Waals surface area contributed by atoms with Gasteiger partial charge in [-0.05, 0) is 48.4 Å². The lowest BCUT2D eigenvalue weighted by molar-refractivity contribution is -0.140. The highest BCUT2D eigenvalue weighted by Gasteiger charge is 2.51. The zero-order chi connectivity index (χ0) is 22.7. The third-order valence-corrected chi connectivity index (χ3v) is 5.65. The van der Waals surface area contributed by atoms with E-state index in [-0.39, 0.29) is 6.54 Å². The minimum atomic E-state index is -1.20. The van der Waals surface area contributed by atoms with Gasteiger partial charge >= 0.3 is 0 Å². The number of rotatable bonds is 8. The molecule has 7 nitrogen and oxygen atoms in total. The van der Waals surface area contributed by atoms with E-state index in [0.717, 1.165) is 0 Å². The molecular formula is C24H22FN3O4. The van der Waals surface area contributed by atoms with E-state index in [2.05, 4.69) is 4.98 Å². The van der Waals surface area contributed by atoms with Crippen LogP contribution in [0.4, 0.5) is 4.39 Å². The Bertz CT molecular complexity index is 1110. The number of imidazole rings is 1. The molecule has 2 atom stereocenters. The van der Waals surface area contributed by atoms with Crippen LogP contribution in [0.3, 0.4) is 0 Å². The van der Waals surface area contributed by atoms with Crippen LogP contribution in [-0.4, -0.2) is 45.6 Å². The van der Waals surface area contributed by atoms with Crippen molar-refractivity contribution in [1.29, 1.82) is 0 Å². The Morgan fingerprint density at radius 1 is 1.06 bits per heavy atom. The maximum absolute atomic E-state index is 13.5. The van der Waals surface area contributed by atoms with Gasteiger partial charge in [0.1, 0.15) is 17.5 Å². The maximum Gasteiger partial charge on any atom is 0.291 e. The Kier molecular flexibility index (Phi) is 6.11. The van der Waals surface area contributed by atoms with E-state index < -0.39 is 35.3 Å². The van der Waals surface area contributed by atoms with Gasteiger partial charge in [-0.3, -0.25) is 14.4 Å². The number of aromatic nitrogens is 2. The fourth-order valence-electron chi connectivity index (χ4n) is 4.04. The summed E-state index contributed by atoms with van der Waals surface area (Å²) in [6.07, 6.45) is 5.71.